The summed E-state index contributed by atoms with van der Waals surface area (Å²) in [5, 5.41) is 22.9. The fourth-order valence-corrected chi connectivity index (χ4v) is 5.22. The molecule has 0 rings (SSSR count). The average molecular weight is 640 g/mol. The Morgan fingerprint density at radius 1 is 0.543 bits per heavy atom. The zero-order chi connectivity index (χ0) is 33.6. The molecule has 0 bridgehead atoms. The molecule has 0 aliphatic rings. The van der Waals surface area contributed by atoms with Crippen LogP contribution in [0.3, 0.4) is 0 Å². The summed E-state index contributed by atoms with van der Waals surface area (Å²) in [6.07, 6.45) is 52.7. The summed E-state index contributed by atoms with van der Waals surface area (Å²) < 4.78 is 0. The van der Waals surface area contributed by atoms with E-state index in [1.165, 1.54) is 77.0 Å². The Bertz CT molecular complexity index is 823. The van der Waals surface area contributed by atoms with Gasteiger partial charge in [0, 0.05) is 6.42 Å². The molecule has 2 unspecified atom stereocenters. The Hall–Kier alpha value is -2.17. The van der Waals surface area contributed by atoms with Gasteiger partial charge < -0.3 is 15.5 Å². The van der Waals surface area contributed by atoms with Crippen molar-refractivity contribution in [2.75, 3.05) is 6.61 Å². The number of nitrogens with one attached hydrogen (secondary N) is 1. The third-order valence-corrected chi connectivity index (χ3v) is 8.15. The molecule has 264 valence electrons. The number of carbonyl (C=O) groups is 1. The maximum absolute atomic E-state index is 12.3. The molecule has 0 aliphatic carbocycles. The van der Waals surface area contributed by atoms with Gasteiger partial charge in [0.25, 0.3) is 0 Å². The molecular weight excluding hydrogens is 566 g/mol. The number of hydrogen-bond acceptors (Lipinski definition) is 3. The van der Waals surface area contributed by atoms with Crippen LogP contribution in [-0.2, 0) is 4.79 Å². The summed E-state index contributed by atoms with van der Waals surface area (Å²) in [5.41, 5.74) is 0. The second kappa shape index (κ2) is 37.3. The molecule has 0 aromatic heterocycles. The van der Waals surface area contributed by atoms with Gasteiger partial charge in [-0.15, -0.1) is 0 Å². The highest BCUT2D eigenvalue weighted by atomic mass is 16.3. The van der Waals surface area contributed by atoms with Crippen molar-refractivity contribution in [1.29, 1.82) is 0 Å². The minimum Gasteiger partial charge on any atom is -0.394 e. The molecule has 4 heteroatoms. The van der Waals surface area contributed by atoms with Crippen LogP contribution in [0.25, 0.3) is 0 Å². The molecular formula is C42H73NO3. The lowest BCUT2D eigenvalue weighted by atomic mass is 10.1. The Labute approximate surface area is 285 Å². The van der Waals surface area contributed by atoms with Crippen LogP contribution >= 0.6 is 0 Å². The molecule has 0 aromatic carbocycles. The van der Waals surface area contributed by atoms with Gasteiger partial charge in [0.1, 0.15) is 0 Å². The zero-order valence-electron chi connectivity index (χ0n) is 30.1. The molecule has 1 amide bonds. The van der Waals surface area contributed by atoms with Crippen molar-refractivity contribution in [3.8, 4) is 0 Å². The molecule has 0 heterocycles. The molecule has 0 fully saturated rings. The van der Waals surface area contributed by atoms with E-state index in [4.69, 9.17) is 0 Å². The van der Waals surface area contributed by atoms with Crippen molar-refractivity contribution in [1.82, 2.24) is 5.32 Å². The fraction of sp³-hybridized carbons (Fsp3) is 0.690. The number of unbranched alkanes of at least 4 members (excludes halogenated alkanes) is 16. The van der Waals surface area contributed by atoms with Crippen molar-refractivity contribution in [2.24, 2.45) is 0 Å². The highest BCUT2D eigenvalue weighted by Crippen LogP contribution is 2.11. The average Bonchev–Trinajstić information content (AvgIpc) is 3.06. The molecule has 0 aliphatic heterocycles. The first-order valence-electron chi connectivity index (χ1n) is 19.2. The van der Waals surface area contributed by atoms with Crippen LogP contribution in [0, 0.1) is 0 Å². The molecule has 46 heavy (non-hydrogen) atoms. The maximum Gasteiger partial charge on any atom is 0.220 e. The molecule has 0 saturated carbocycles. The minimum atomic E-state index is -0.876. The van der Waals surface area contributed by atoms with Gasteiger partial charge in [0.2, 0.25) is 5.91 Å². The lowest BCUT2D eigenvalue weighted by Gasteiger charge is -2.19. The van der Waals surface area contributed by atoms with Crippen LogP contribution in [0.4, 0.5) is 0 Å². The zero-order valence-corrected chi connectivity index (χ0v) is 30.1. The van der Waals surface area contributed by atoms with Gasteiger partial charge >= 0.3 is 0 Å². The van der Waals surface area contributed by atoms with Gasteiger partial charge in [-0.3, -0.25) is 4.79 Å². The summed E-state index contributed by atoms with van der Waals surface area (Å²) in [5.74, 6) is -0.0926. The Balaban J connectivity index is 3.74. The fourth-order valence-electron chi connectivity index (χ4n) is 5.22. The molecule has 0 radical (unpaired) electrons. The van der Waals surface area contributed by atoms with E-state index in [-0.39, 0.29) is 12.5 Å². The standard InChI is InChI=1S/C42H73NO3/c1-3-5-7-9-11-13-15-17-19-21-23-25-27-29-31-33-35-37-41(45)40(39-44)43-42(46)38-36-34-32-30-28-26-24-22-20-18-16-14-12-10-8-6-4-2/h6,8,12,14,18-21,27,29,35,37,40-41,44-45H,3-5,7,9-11,13,15-17,22-26,28,30-34,36,38-39H2,1-2H3,(H,43,46)/b8-6-,14-12-,20-18-,21-19+,29-27+,37-35+. The predicted molar refractivity (Wildman–Crippen MR) is 202 cm³/mol. The van der Waals surface area contributed by atoms with Crippen LogP contribution in [0.2, 0.25) is 0 Å². The Morgan fingerprint density at radius 2 is 0.978 bits per heavy atom. The number of carbonyl (C=O) groups excluding carboxylic acids is 1. The number of aliphatic hydroxyl groups is 2. The van der Waals surface area contributed by atoms with Gasteiger partial charge in [0.05, 0.1) is 18.8 Å². The van der Waals surface area contributed by atoms with Gasteiger partial charge in [-0.2, -0.15) is 0 Å². The largest absolute Gasteiger partial charge is 0.394 e. The topological polar surface area (TPSA) is 69.6 Å². The number of rotatable bonds is 33. The Kier molecular flexibility index (Phi) is 35.5. The number of aliphatic hydroxyl groups excluding tert-OH is 2. The van der Waals surface area contributed by atoms with E-state index in [1.807, 2.05) is 6.08 Å². The normalized spacial score (nSPS) is 13.9. The highest BCUT2D eigenvalue weighted by Gasteiger charge is 2.17. The summed E-state index contributed by atoms with van der Waals surface area (Å²) in [4.78, 5) is 12.3. The van der Waals surface area contributed by atoms with Crippen LogP contribution in [0.15, 0.2) is 72.9 Å². The molecule has 0 spiro atoms. The smallest absolute Gasteiger partial charge is 0.220 e. The summed E-state index contributed by atoms with van der Waals surface area (Å²) >= 11 is 0. The van der Waals surface area contributed by atoms with E-state index in [1.54, 1.807) is 6.08 Å². The molecule has 2 atom stereocenters. The SMILES string of the molecule is CC/C=C\C/C=C\C/C=C\CCCCCCCCCC(=O)NC(CO)C(O)/C=C/CC/C=C/CC/C=C/CCCCCCCCC. The van der Waals surface area contributed by atoms with Crippen molar-refractivity contribution in [3.05, 3.63) is 72.9 Å². The monoisotopic (exact) mass is 640 g/mol. The second-order valence-corrected chi connectivity index (χ2v) is 12.6. The summed E-state index contributed by atoms with van der Waals surface area (Å²) in [7, 11) is 0. The van der Waals surface area contributed by atoms with Crippen LogP contribution < -0.4 is 5.32 Å². The molecule has 4 nitrogen and oxygen atoms in total. The number of allylic oxidation sites excluding steroid dienone is 11. The lowest BCUT2D eigenvalue weighted by Crippen LogP contribution is -2.45. The molecule has 3 N–H and O–H groups in total. The first-order chi connectivity index (χ1) is 22.7. The third-order valence-electron chi connectivity index (χ3n) is 8.15. The van der Waals surface area contributed by atoms with E-state index in [2.05, 4.69) is 79.9 Å². The second-order valence-electron chi connectivity index (χ2n) is 12.6. The van der Waals surface area contributed by atoms with Crippen molar-refractivity contribution >= 4 is 5.91 Å². The lowest BCUT2D eigenvalue weighted by molar-refractivity contribution is -0.123. The maximum atomic E-state index is 12.3. The van der Waals surface area contributed by atoms with Gasteiger partial charge in [-0.05, 0) is 77.0 Å². The summed E-state index contributed by atoms with van der Waals surface area (Å²) in [6.45, 7) is 4.15. The van der Waals surface area contributed by atoms with Crippen molar-refractivity contribution in [3.63, 3.8) is 0 Å². The number of amides is 1. The predicted octanol–water partition coefficient (Wildman–Crippen LogP) is 11.6. The summed E-state index contributed by atoms with van der Waals surface area (Å²) in [6, 6.07) is -0.653. The van der Waals surface area contributed by atoms with Crippen LogP contribution in [-0.4, -0.2) is 34.9 Å². The van der Waals surface area contributed by atoms with Gasteiger partial charge in [-0.25, -0.2) is 0 Å². The van der Waals surface area contributed by atoms with E-state index in [0.29, 0.717) is 6.42 Å². The van der Waals surface area contributed by atoms with Crippen molar-refractivity contribution in [2.45, 2.75) is 180 Å². The van der Waals surface area contributed by atoms with E-state index in [9.17, 15) is 15.0 Å². The molecule has 0 aromatic rings. The minimum absolute atomic E-state index is 0.0926. The first-order valence-corrected chi connectivity index (χ1v) is 19.2. The van der Waals surface area contributed by atoms with Gasteiger partial charge in [-0.1, -0.05) is 157 Å². The number of hydrogen-bond donors (Lipinski definition) is 3. The first kappa shape index (κ1) is 43.8. The van der Waals surface area contributed by atoms with Crippen LogP contribution in [0.1, 0.15) is 168 Å². The van der Waals surface area contributed by atoms with Crippen LogP contribution in [0.5, 0.6) is 0 Å². The quantitative estimate of drug-likeness (QED) is 0.0494. The van der Waals surface area contributed by atoms with E-state index >= 15 is 0 Å². The Morgan fingerprint density at radius 3 is 1.52 bits per heavy atom. The van der Waals surface area contributed by atoms with E-state index < -0.39 is 12.1 Å². The third kappa shape index (κ3) is 33.2. The van der Waals surface area contributed by atoms with Gasteiger partial charge in [0.15, 0.2) is 0 Å². The molecule has 0 saturated heterocycles. The highest BCUT2D eigenvalue weighted by molar-refractivity contribution is 5.76. The van der Waals surface area contributed by atoms with Crippen molar-refractivity contribution < 1.29 is 15.0 Å². The van der Waals surface area contributed by atoms with E-state index in [0.717, 1.165) is 70.6 Å².